The molecule has 4 nitrogen and oxygen atoms in total. The Balaban J connectivity index is 2.23. The normalized spacial score (nSPS) is 21.4. The van der Waals surface area contributed by atoms with Gasteiger partial charge in [-0.3, -0.25) is 0 Å². The predicted octanol–water partition coefficient (Wildman–Crippen LogP) is 0.357. The molecule has 1 aliphatic rings. The molecule has 0 amide bonds. The lowest BCUT2D eigenvalue weighted by atomic mass is 10.3. The van der Waals surface area contributed by atoms with Crippen molar-refractivity contribution >= 4 is 5.97 Å². The van der Waals surface area contributed by atoms with Gasteiger partial charge < -0.3 is 9.57 Å². The monoisotopic (exact) mass is 157 g/mol. The summed E-state index contributed by atoms with van der Waals surface area (Å²) in [6.07, 6.45) is 3.87. The van der Waals surface area contributed by atoms with Crippen LogP contribution in [0.5, 0.6) is 0 Å². The number of esters is 1. The van der Waals surface area contributed by atoms with Gasteiger partial charge in [-0.25, -0.2) is 4.79 Å². The minimum absolute atomic E-state index is 0.291. The van der Waals surface area contributed by atoms with Crippen LogP contribution in [0, 0.1) is 0 Å². The van der Waals surface area contributed by atoms with Gasteiger partial charge in [-0.2, -0.15) is 0 Å². The van der Waals surface area contributed by atoms with Crippen LogP contribution in [-0.2, 0) is 14.4 Å². The molecule has 11 heavy (non-hydrogen) atoms. The van der Waals surface area contributed by atoms with Crippen LogP contribution in [0.4, 0.5) is 0 Å². The Hall–Kier alpha value is -1.03. The molecule has 0 radical (unpaired) electrons. The second kappa shape index (κ2) is 3.98. The van der Waals surface area contributed by atoms with Crippen LogP contribution >= 0.6 is 0 Å². The van der Waals surface area contributed by atoms with Crippen molar-refractivity contribution in [3.63, 3.8) is 0 Å². The quantitative estimate of drug-likeness (QED) is 0.601. The van der Waals surface area contributed by atoms with Gasteiger partial charge in [0.15, 0.2) is 6.04 Å². The molecule has 1 unspecified atom stereocenters. The van der Waals surface area contributed by atoms with E-state index in [2.05, 4.69) is 10.3 Å². The summed E-state index contributed by atoms with van der Waals surface area (Å²) in [6, 6.07) is -0.429. The number of ether oxygens (including phenoxy) is 1. The lowest BCUT2D eigenvalue weighted by molar-refractivity contribution is -0.146. The van der Waals surface area contributed by atoms with Crippen LogP contribution in [0.1, 0.15) is 13.3 Å². The van der Waals surface area contributed by atoms with Crippen molar-refractivity contribution in [3.05, 3.63) is 12.3 Å². The minimum Gasteiger partial charge on any atom is -0.464 e. The van der Waals surface area contributed by atoms with E-state index in [1.54, 1.807) is 6.08 Å². The van der Waals surface area contributed by atoms with E-state index >= 15 is 0 Å². The molecule has 0 aromatic carbocycles. The molecule has 4 heteroatoms. The second-order valence-corrected chi connectivity index (χ2v) is 2.21. The number of nitrogens with one attached hydrogen (secondary N) is 1. The fourth-order valence-electron chi connectivity index (χ4n) is 0.689. The van der Waals surface area contributed by atoms with Crippen molar-refractivity contribution in [1.82, 2.24) is 5.48 Å². The molecule has 1 aliphatic heterocycles. The molecule has 0 saturated heterocycles. The first-order valence-electron chi connectivity index (χ1n) is 3.59. The van der Waals surface area contributed by atoms with Crippen LogP contribution in [0.2, 0.25) is 0 Å². The Morgan fingerprint density at radius 1 is 1.82 bits per heavy atom. The van der Waals surface area contributed by atoms with Crippen molar-refractivity contribution in [2.75, 3.05) is 6.61 Å². The maximum absolute atomic E-state index is 11.0. The third-order valence-corrected chi connectivity index (χ3v) is 1.24. The van der Waals surface area contributed by atoms with Gasteiger partial charge in [0.2, 0.25) is 0 Å². The molecule has 1 atom stereocenters. The van der Waals surface area contributed by atoms with Gasteiger partial charge in [0.05, 0.1) is 6.61 Å². The van der Waals surface area contributed by atoms with E-state index in [0.29, 0.717) is 6.61 Å². The number of rotatable bonds is 3. The van der Waals surface area contributed by atoms with Crippen LogP contribution < -0.4 is 5.48 Å². The van der Waals surface area contributed by atoms with Gasteiger partial charge >= 0.3 is 5.97 Å². The van der Waals surface area contributed by atoms with Crippen molar-refractivity contribution in [3.8, 4) is 0 Å². The minimum atomic E-state index is -0.429. The molecule has 0 bridgehead atoms. The Morgan fingerprint density at radius 2 is 2.64 bits per heavy atom. The predicted molar refractivity (Wildman–Crippen MR) is 38.4 cm³/mol. The summed E-state index contributed by atoms with van der Waals surface area (Å²) in [5.74, 6) is -0.291. The first-order valence-corrected chi connectivity index (χ1v) is 3.59. The molecule has 0 aromatic heterocycles. The molecule has 1 heterocycles. The van der Waals surface area contributed by atoms with Crippen LogP contribution in [0.3, 0.4) is 0 Å². The van der Waals surface area contributed by atoms with Gasteiger partial charge in [-0.05, 0) is 12.5 Å². The van der Waals surface area contributed by atoms with Crippen LogP contribution in [-0.4, -0.2) is 18.6 Å². The van der Waals surface area contributed by atoms with Crippen molar-refractivity contribution < 1.29 is 14.4 Å². The molecule has 62 valence electrons. The molecular formula is C7H11NO3. The number of hydrogen-bond donors (Lipinski definition) is 1. The zero-order valence-corrected chi connectivity index (χ0v) is 6.37. The van der Waals surface area contributed by atoms with E-state index < -0.39 is 6.04 Å². The summed E-state index contributed by atoms with van der Waals surface area (Å²) in [4.78, 5) is 15.6. The zero-order valence-electron chi connectivity index (χ0n) is 6.37. The largest absolute Gasteiger partial charge is 0.464 e. The molecule has 1 rings (SSSR count). The highest BCUT2D eigenvalue weighted by atomic mass is 16.7. The van der Waals surface area contributed by atoms with E-state index in [1.807, 2.05) is 6.92 Å². The number of carbonyl (C=O) groups is 1. The van der Waals surface area contributed by atoms with Crippen LogP contribution in [0.25, 0.3) is 0 Å². The van der Waals surface area contributed by atoms with Gasteiger partial charge in [-0.15, -0.1) is 5.48 Å². The summed E-state index contributed by atoms with van der Waals surface area (Å²) in [5, 5.41) is 0. The van der Waals surface area contributed by atoms with Gasteiger partial charge in [0, 0.05) is 0 Å². The molecule has 0 spiro atoms. The Labute approximate surface area is 65.1 Å². The maximum Gasteiger partial charge on any atom is 0.330 e. The molecule has 0 aromatic rings. The highest BCUT2D eigenvalue weighted by molar-refractivity contribution is 5.78. The average Bonchev–Trinajstić information content (AvgIpc) is 2.52. The third kappa shape index (κ3) is 2.23. The first-order chi connectivity index (χ1) is 5.34. The summed E-state index contributed by atoms with van der Waals surface area (Å²) in [7, 11) is 0. The van der Waals surface area contributed by atoms with Crippen molar-refractivity contribution in [2.45, 2.75) is 19.4 Å². The number of carbonyl (C=O) groups excluding carboxylic acids is 1. The fourth-order valence-corrected chi connectivity index (χ4v) is 0.689. The number of hydroxylamine groups is 1. The smallest absolute Gasteiger partial charge is 0.330 e. The van der Waals surface area contributed by atoms with E-state index in [-0.39, 0.29) is 5.97 Å². The van der Waals surface area contributed by atoms with Crippen molar-refractivity contribution in [2.24, 2.45) is 0 Å². The standard InChI is InChI=1S/C7H11NO3/c1-2-4-10-7(9)6-3-5-11-8-6/h3,5-6,8H,2,4H2,1H3. The van der Waals surface area contributed by atoms with Gasteiger partial charge in [0.25, 0.3) is 0 Å². The third-order valence-electron chi connectivity index (χ3n) is 1.24. The lowest BCUT2D eigenvalue weighted by Gasteiger charge is -2.06. The molecule has 1 N–H and O–H groups in total. The van der Waals surface area contributed by atoms with Gasteiger partial charge in [0.1, 0.15) is 6.26 Å². The van der Waals surface area contributed by atoms with E-state index in [0.717, 1.165) is 6.42 Å². The van der Waals surface area contributed by atoms with E-state index in [9.17, 15) is 4.79 Å². The van der Waals surface area contributed by atoms with Crippen molar-refractivity contribution in [1.29, 1.82) is 0 Å². The fraction of sp³-hybridized carbons (Fsp3) is 0.571. The second-order valence-electron chi connectivity index (χ2n) is 2.21. The highest BCUT2D eigenvalue weighted by Crippen LogP contribution is 1.98. The summed E-state index contributed by atoms with van der Waals surface area (Å²) >= 11 is 0. The Kier molecular flexibility index (Phi) is 2.92. The molecule has 0 saturated carbocycles. The van der Waals surface area contributed by atoms with Gasteiger partial charge in [-0.1, -0.05) is 6.92 Å². The highest BCUT2D eigenvalue weighted by Gasteiger charge is 2.19. The zero-order chi connectivity index (χ0) is 8.10. The number of hydrogen-bond acceptors (Lipinski definition) is 4. The summed E-state index contributed by atoms with van der Waals surface area (Å²) < 4.78 is 4.84. The average molecular weight is 157 g/mol. The molecule has 0 fully saturated rings. The first kappa shape index (κ1) is 8.07. The summed E-state index contributed by atoms with van der Waals surface area (Å²) in [5.41, 5.74) is 2.48. The lowest BCUT2D eigenvalue weighted by Crippen LogP contribution is -2.31. The maximum atomic E-state index is 11.0. The topological polar surface area (TPSA) is 47.6 Å². The van der Waals surface area contributed by atoms with E-state index in [1.165, 1.54) is 6.26 Å². The summed E-state index contributed by atoms with van der Waals surface area (Å²) in [6.45, 7) is 2.41. The SMILES string of the molecule is CCCOC(=O)C1C=CON1. The van der Waals surface area contributed by atoms with E-state index in [4.69, 9.17) is 4.74 Å². The molecular weight excluding hydrogens is 146 g/mol. The Bertz CT molecular complexity index is 167. The molecule has 0 aliphatic carbocycles. The van der Waals surface area contributed by atoms with Crippen LogP contribution in [0.15, 0.2) is 12.3 Å². The Morgan fingerprint density at radius 3 is 3.18 bits per heavy atom.